The van der Waals surface area contributed by atoms with Crippen LogP contribution in [-0.2, 0) is 5.41 Å². The molecule has 2 heterocycles. The van der Waals surface area contributed by atoms with Gasteiger partial charge >= 0.3 is 0 Å². The van der Waals surface area contributed by atoms with Crippen LogP contribution in [0.5, 0.6) is 0 Å². The lowest BCUT2D eigenvalue weighted by Crippen LogP contribution is -2.13. The van der Waals surface area contributed by atoms with E-state index >= 15 is 0 Å². The van der Waals surface area contributed by atoms with Crippen LogP contribution in [0.25, 0.3) is 5.65 Å². The zero-order chi connectivity index (χ0) is 12.3. The molecule has 88 valence electrons. The molecule has 0 spiro atoms. The maximum atomic E-state index is 4.36. The minimum absolute atomic E-state index is 0.192. The van der Waals surface area contributed by atoms with Gasteiger partial charge in [-0.2, -0.15) is 0 Å². The molecule has 0 aliphatic rings. The molecule has 0 saturated heterocycles. The highest BCUT2D eigenvalue weighted by Crippen LogP contribution is 2.26. The van der Waals surface area contributed by atoms with Crippen molar-refractivity contribution in [3.63, 3.8) is 0 Å². The summed E-state index contributed by atoms with van der Waals surface area (Å²) < 4.78 is 2.06. The van der Waals surface area contributed by atoms with E-state index in [-0.39, 0.29) is 5.41 Å². The predicted octanol–water partition coefficient (Wildman–Crippen LogP) is 3.97. The Balaban J connectivity index is 0.000000606. The first-order chi connectivity index (χ1) is 7.50. The molecule has 0 amide bonds. The lowest BCUT2D eigenvalue weighted by molar-refractivity contribution is 0.585. The third-order valence-electron chi connectivity index (χ3n) is 2.62. The summed E-state index contributed by atoms with van der Waals surface area (Å²) in [4.78, 5) is 4.36. The summed E-state index contributed by atoms with van der Waals surface area (Å²) in [6, 6.07) is 2.18. The summed E-state index contributed by atoms with van der Waals surface area (Å²) in [6.07, 6.45) is 5.90. The lowest BCUT2D eigenvalue weighted by Gasteiger charge is -2.21. The van der Waals surface area contributed by atoms with Crippen LogP contribution in [0, 0.1) is 6.92 Å². The lowest BCUT2D eigenvalue weighted by atomic mass is 9.85. The first-order valence-corrected chi connectivity index (χ1v) is 5.93. The average molecular weight is 218 g/mol. The van der Waals surface area contributed by atoms with Crippen LogP contribution in [0.4, 0.5) is 0 Å². The van der Waals surface area contributed by atoms with Crippen LogP contribution in [-0.4, -0.2) is 9.38 Å². The number of hydrogen-bond acceptors (Lipinski definition) is 1. The Hall–Kier alpha value is -1.31. The summed E-state index contributed by atoms with van der Waals surface area (Å²) in [7, 11) is 0. The van der Waals surface area contributed by atoms with Gasteiger partial charge in [0, 0.05) is 18.6 Å². The van der Waals surface area contributed by atoms with Gasteiger partial charge in [-0.25, -0.2) is 4.98 Å². The molecule has 2 aromatic heterocycles. The molecule has 2 rings (SSSR count). The maximum Gasteiger partial charge on any atom is 0.139 e. The number of rotatable bonds is 0. The zero-order valence-corrected chi connectivity index (χ0v) is 11.2. The van der Waals surface area contributed by atoms with Crippen LogP contribution in [0.2, 0.25) is 0 Å². The molecule has 0 radical (unpaired) electrons. The average Bonchev–Trinajstić information content (AvgIpc) is 2.68. The van der Waals surface area contributed by atoms with E-state index in [1.165, 1.54) is 11.1 Å². The summed E-state index contributed by atoms with van der Waals surface area (Å²) in [5.74, 6) is 0. The topological polar surface area (TPSA) is 17.3 Å². The highest BCUT2D eigenvalue weighted by Gasteiger charge is 2.17. The Bertz CT molecular complexity index is 461. The van der Waals surface area contributed by atoms with Gasteiger partial charge in [-0.1, -0.05) is 34.6 Å². The molecule has 0 aromatic carbocycles. The van der Waals surface area contributed by atoms with Crippen molar-refractivity contribution in [1.82, 2.24) is 9.38 Å². The van der Waals surface area contributed by atoms with Gasteiger partial charge in [0.2, 0.25) is 0 Å². The van der Waals surface area contributed by atoms with E-state index in [9.17, 15) is 0 Å². The number of imidazole rings is 1. The Morgan fingerprint density at radius 1 is 1.12 bits per heavy atom. The van der Waals surface area contributed by atoms with Gasteiger partial charge in [0.15, 0.2) is 0 Å². The number of aryl methyl sites for hydroxylation is 1. The van der Waals surface area contributed by atoms with Crippen molar-refractivity contribution in [3.05, 3.63) is 35.8 Å². The monoisotopic (exact) mass is 218 g/mol. The first kappa shape index (κ1) is 12.8. The van der Waals surface area contributed by atoms with Crippen molar-refractivity contribution in [1.29, 1.82) is 0 Å². The molecule has 0 saturated carbocycles. The predicted molar refractivity (Wildman–Crippen MR) is 70.0 cm³/mol. The van der Waals surface area contributed by atoms with Gasteiger partial charge in [-0.15, -0.1) is 0 Å². The van der Waals surface area contributed by atoms with Crippen LogP contribution >= 0.6 is 0 Å². The van der Waals surface area contributed by atoms with E-state index in [4.69, 9.17) is 0 Å². The summed E-state index contributed by atoms with van der Waals surface area (Å²) in [5.41, 5.74) is 3.91. The second kappa shape index (κ2) is 4.69. The third-order valence-corrected chi connectivity index (χ3v) is 2.62. The van der Waals surface area contributed by atoms with Gasteiger partial charge in [0.25, 0.3) is 0 Å². The highest BCUT2D eigenvalue weighted by atomic mass is 15.0. The van der Waals surface area contributed by atoms with Gasteiger partial charge in [0.05, 0.1) is 0 Å². The fraction of sp³-hybridized carbons (Fsp3) is 0.500. The van der Waals surface area contributed by atoms with Crippen molar-refractivity contribution in [2.24, 2.45) is 0 Å². The van der Waals surface area contributed by atoms with E-state index < -0.39 is 0 Å². The molecule has 0 N–H and O–H groups in total. The molecule has 2 heteroatoms. The third kappa shape index (κ3) is 2.26. The normalized spacial score (nSPS) is 11.1. The van der Waals surface area contributed by atoms with E-state index in [1.54, 1.807) is 0 Å². The van der Waals surface area contributed by atoms with Crippen LogP contribution in [0.15, 0.2) is 24.7 Å². The van der Waals surface area contributed by atoms with Crippen LogP contribution < -0.4 is 0 Å². The Kier molecular flexibility index (Phi) is 3.74. The largest absolute Gasteiger partial charge is 0.307 e. The van der Waals surface area contributed by atoms with Crippen molar-refractivity contribution >= 4 is 5.65 Å². The van der Waals surface area contributed by atoms with E-state index in [0.29, 0.717) is 0 Å². The number of pyridine rings is 1. The maximum absolute atomic E-state index is 4.36. The van der Waals surface area contributed by atoms with Gasteiger partial charge in [-0.3, -0.25) is 0 Å². The number of fused-ring (bicyclic) bond motifs is 1. The first-order valence-electron chi connectivity index (χ1n) is 5.93. The minimum Gasteiger partial charge on any atom is -0.307 e. The number of hydrogen-bond donors (Lipinski definition) is 0. The van der Waals surface area contributed by atoms with Crippen LogP contribution in [0.1, 0.15) is 45.7 Å². The molecule has 0 atom stereocenters. The molecule has 0 fully saturated rings. The molecular weight excluding hydrogens is 196 g/mol. The summed E-state index contributed by atoms with van der Waals surface area (Å²) in [6.45, 7) is 12.8. The molecule has 2 nitrogen and oxygen atoms in total. The van der Waals surface area contributed by atoms with Crippen molar-refractivity contribution in [3.8, 4) is 0 Å². The van der Waals surface area contributed by atoms with E-state index in [0.717, 1.165) is 5.65 Å². The molecule has 2 aromatic rings. The standard InChI is InChI=1S/C12H16N2.C2H6/c1-9-10(12(2,3)4)5-7-14-8-6-13-11(9)14;1-2/h5-8H,1-4H3;1-2H3. The molecule has 16 heavy (non-hydrogen) atoms. The summed E-state index contributed by atoms with van der Waals surface area (Å²) in [5, 5.41) is 0. The Labute approximate surface area is 98.3 Å². The smallest absolute Gasteiger partial charge is 0.139 e. The molecular formula is C14H22N2. The second-order valence-electron chi connectivity index (χ2n) is 4.76. The Morgan fingerprint density at radius 3 is 2.31 bits per heavy atom. The zero-order valence-electron chi connectivity index (χ0n) is 11.2. The van der Waals surface area contributed by atoms with E-state index in [2.05, 4.69) is 49.3 Å². The fourth-order valence-electron chi connectivity index (χ4n) is 1.94. The van der Waals surface area contributed by atoms with Crippen molar-refractivity contribution in [2.45, 2.75) is 47.0 Å². The summed E-state index contributed by atoms with van der Waals surface area (Å²) >= 11 is 0. The SMILES string of the molecule is CC.Cc1c(C(C)(C)C)ccn2ccnc12. The Morgan fingerprint density at radius 2 is 1.75 bits per heavy atom. The van der Waals surface area contributed by atoms with E-state index in [1.807, 2.05) is 26.2 Å². The number of nitrogens with zero attached hydrogens (tertiary/aromatic N) is 2. The molecule has 0 aliphatic carbocycles. The van der Waals surface area contributed by atoms with Crippen LogP contribution in [0.3, 0.4) is 0 Å². The second-order valence-corrected chi connectivity index (χ2v) is 4.76. The van der Waals surface area contributed by atoms with Gasteiger partial charge < -0.3 is 4.40 Å². The van der Waals surface area contributed by atoms with Gasteiger partial charge in [0.1, 0.15) is 5.65 Å². The quantitative estimate of drug-likeness (QED) is 0.654. The van der Waals surface area contributed by atoms with Crippen molar-refractivity contribution < 1.29 is 0 Å². The fourth-order valence-corrected chi connectivity index (χ4v) is 1.94. The number of aromatic nitrogens is 2. The molecule has 0 unspecified atom stereocenters. The van der Waals surface area contributed by atoms with Crippen molar-refractivity contribution in [2.75, 3.05) is 0 Å². The highest BCUT2D eigenvalue weighted by molar-refractivity contribution is 5.52. The van der Waals surface area contributed by atoms with Gasteiger partial charge in [-0.05, 0) is 29.5 Å². The molecule has 0 bridgehead atoms. The minimum atomic E-state index is 0.192. The molecule has 0 aliphatic heterocycles.